The molecule has 0 spiro atoms. The number of piperidine rings is 1. The molecule has 2 saturated heterocycles. The van der Waals surface area contributed by atoms with Crippen LogP contribution in [-0.4, -0.2) is 86.8 Å². The SMILES string of the molecule is COc1ccc(C(C)N2CC=C(c3cc(NC(=O)C4CNC(=O)CC4C(F)(F)F)c(N4C[C@@H](C)N(C)[C@@H](C)C4)cc3F)CC2)cc1. The molecule has 3 aliphatic heterocycles. The molecule has 2 N–H and O–H groups in total. The summed E-state index contributed by atoms with van der Waals surface area (Å²) in [5, 5.41) is 5.14. The maximum atomic E-state index is 16.0. The van der Waals surface area contributed by atoms with Gasteiger partial charge in [0, 0.05) is 62.8 Å². The van der Waals surface area contributed by atoms with Crippen molar-refractivity contribution in [1.29, 1.82) is 0 Å². The molecule has 250 valence electrons. The normalized spacial score (nSPS) is 25.5. The minimum atomic E-state index is -4.72. The number of amides is 2. The van der Waals surface area contributed by atoms with Crippen molar-refractivity contribution in [2.75, 3.05) is 57.1 Å². The van der Waals surface area contributed by atoms with Crippen LogP contribution < -0.4 is 20.3 Å². The fraction of sp³-hybridized carbons (Fsp3) is 0.529. The van der Waals surface area contributed by atoms with Crippen LogP contribution in [0.3, 0.4) is 0 Å². The Labute approximate surface area is 267 Å². The lowest BCUT2D eigenvalue weighted by Gasteiger charge is -2.44. The van der Waals surface area contributed by atoms with Gasteiger partial charge in [-0.15, -0.1) is 0 Å². The van der Waals surface area contributed by atoms with Gasteiger partial charge in [0.05, 0.1) is 30.3 Å². The molecule has 12 heteroatoms. The van der Waals surface area contributed by atoms with Crippen molar-refractivity contribution in [2.45, 2.75) is 57.9 Å². The predicted molar refractivity (Wildman–Crippen MR) is 170 cm³/mol. The topological polar surface area (TPSA) is 77.1 Å². The molecule has 0 saturated carbocycles. The molecule has 0 bridgehead atoms. The molecule has 2 amide bonds. The van der Waals surface area contributed by atoms with Gasteiger partial charge < -0.3 is 20.3 Å². The third kappa shape index (κ3) is 7.17. The number of nitrogens with one attached hydrogen (secondary N) is 2. The standard InChI is InChI=1S/C34H43F4N5O3/c1-20-18-43(19-21(2)41(20)4)31-16-29(35)26(14-30(31)40-33(45)27-17-39-32(44)15-28(27)34(36,37)38)24-10-12-42(13-11-24)22(3)23-6-8-25(46-5)9-7-23/h6-10,14,16,20-22,27-28H,11-13,15,17-19H2,1-5H3,(H,39,44)(H,40,45)/t20-,21+,22?,27?,28?. The zero-order chi connectivity index (χ0) is 33.3. The largest absolute Gasteiger partial charge is 0.497 e. The van der Waals surface area contributed by atoms with Crippen molar-refractivity contribution in [2.24, 2.45) is 11.8 Å². The van der Waals surface area contributed by atoms with Gasteiger partial charge in [-0.25, -0.2) is 4.39 Å². The second-order valence-corrected chi connectivity index (χ2v) is 12.8. The molecule has 8 nitrogen and oxygen atoms in total. The van der Waals surface area contributed by atoms with E-state index in [4.69, 9.17) is 4.74 Å². The van der Waals surface area contributed by atoms with Crippen LogP contribution in [0.2, 0.25) is 0 Å². The van der Waals surface area contributed by atoms with Gasteiger partial charge in [0.2, 0.25) is 11.8 Å². The first kappa shape index (κ1) is 33.7. The summed E-state index contributed by atoms with van der Waals surface area (Å²) in [6, 6.07) is 11.2. The van der Waals surface area contributed by atoms with Crippen LogP contribution in [0.15, 0.2) is 42.5 Å². The van der Waals surface area contributed by atoms with Gasteiger partial charge in [-0.3, -0.25) is 19.4 Å². The van der Waals surface area contributed by atoms with E-state index in [0.29, 0.717) is 43.9 Å². The predicted octanol–water partition coefficient (Wildman–Crippen LogP) is 5.47. The summed E-state index contributed by atoms with van der Waals surface area (Å²) < 4.78 is 63.0. The van der Waals surface area contributed by atoms with E-state index in [2.05, 4.69) is 41.2 Å². The summed E-state index contributed by atoms with van der Waals surface area (Å²) in [5.41, 5.74) is 2.91. The van der Waals surface area contributed by atoms with Gasteiger partial charge >= 0.3 is 6.18 Å². The smallest absolute Gasteiger partial charge is 0.393 e. The number of alkyl halides is 3. The summed E-state index contributed by atoms with van der Waals surface area (Å²) in [6.07, 6.45) is -3.00. The minimum Gasteiger partial charge on any atom is -0.497 e. The lowest BCUT2D eigenvalue weighted by atomic mass is 9.84. The highest BCUT2D eigenvalue weighted by Crippen LogP contribution is 2.40. The molecule has 0 radical (unpaired) electrons. The first-order chi connectivity index (χ1) is 21.8. The Morgan fingerprint density at radius 1 is 1.11 bits per heavy atom. The van der Waals surface area contributed by atoms with Crippen LogP contribution in [0.5, 0.6) is 5.75 Å². The van der Waals surface area contributed by atoms with Crippen LogP contribution in [0.4, 0.5) is 28.9 Å². The van der Waals surface area contributed by atoms with Crippen LogP contribution in [0, 0.1) is 17.7 Å². The van der Waals surface area contributed by atoms with Gasteiger partial charge in [-0.1, -0.05) is 18.2 Å². The third-order valence-corrected chi connectivity index (χ3v) is 9.94. The number of hydrogen-bond acceptors (Lipinski definition) is 6. The second kappa shape index (κ2) is 13.6. The maximum Gasteiger partial charge on any atom is 0.393 e. The molecule has 2 aromatic rings. The zero-order valence-corrected chi connectivity index (χ0v) is 27.0. The molecule has 46 heavy (non-hydrogen) atoms. The summed E-state index contributed by atoms with van der Waals surface area (Å²) >= 11 is 0. The molecule has 3 aliphatic rings. The van der Waals surface area contributed by atoms with Crippen LogP contribution >= 0.6 is 0 Å². The summed E-state index contributed by atoms with van der Waals surface area (Å²) in [5.74, 6) is -4.88. The highest BCUT2D eigenvalue weighted by molar-refractivity contribution is 5.98. The number of ether oxygens (including phenoxy) is 1. The monoisotopic (exact) mass is 645 g/mol. The van der Waals surface area contributed by atoms with E-state index in [9.17, 15) is 22.8 Å². The van der Waals surface area contributed by atoms with E-state index in [0.717, 1.165) is 16.9 Å². The van der Waals surface area contributed by atoms with Crippen molar-refractivity contribution in [3.8, 4) is 5.75 Å². The highest BCUT2D eigenvalue weighted by atomic mass is 19.4. The number of carbonyl (C=O) groups excluding carboxylic acids is 2. The number of methoxy groups -OCH3 is 1. The minimum absolute atomic E-state index is 0.115. The number of hydrogen-bond donors (Lipinski definition) is 2. The Balaban J connectivity index is 1.44. The first-order valence-electron chi connectivity index (χ1n) is 15.8. The molecule has 0 aliphatic carbocycles. The number of likely N-dealkylation sites (N-methyl/N-ethyl adjacent to an activating group) is 1. The Morgan fingerprint density at radius 2 is 1.78 bits per heavy atom. The van der Waals surface area contributed by atoms with Crippen molar-refractivity contribution >= 4 is 28.8 Å². The number of halogens is 4. The van der Waals surface area contributed by atoms with Crippen LogP contribution in [0.1, 0.15) is 50.8 Å². The fourth-order valence-corrected chi connectivity index (χ4v) is 6.77. The zero-order valence-electron chi connectivity index (χ0n) is 27.0. The number of anilines is 2. The molecule has 0 aromatic heterocycles. The second-order valence-electron chi connectivity index (χ2n) is 12.8. The lowest BCUT2D eigenvalue weighted by Crippen LogP contribution is -2.55. The van der Waals surface area contributed by atoms with E-state index in [1.807, 2.05) is 42.3 Å². The average Bonchev–Trinajstić information content (AvgIpc) is 3.03. The lowest BCUT2D eigenvalue weighted by molar-refractivity contribution is -0.197. The molecular formula is C34H43F4N5O3. The number of piperazine rings is 1. The molecule has 3 unspecified atom stereocenters. The van der Waals surface area contributed by atoms with Gasteiger partial charge in [0.25, 0.3) is 0 Å². The van der Waals surface area contributed by atoms with Gasteiger partial charge in [-0.05, 0) is 69.6 Å². The van der Waals surface area contributed by atoms with Crippen molar-refractivity contribution in [3.05, 3.63) is 59.4 Å². The van der Waals surface area contributed by atoms with Crippen molar-refractivity contribution in [1.82, 2.24) is 15.1 Å². The number of nitrogens with zero attached hydrogens (tertiary/aromatic N) is 3. The molecular weight excluding hydrogens is 602 g/mol. The van der Waals surface area contributed by atoms with Crippen molar-refractivity contribution < 1.29 is 31.9 Å². The van der Waals surface area contributed by atoms with Gasteiger partial charge in [0.1, 0.15) is 11.6 Å². The maximum absolute atomic E-state index is 16.0. The Kier molecular flexibility index (Phi) is 9.97. The van der Waals surface area contributed by atoms with Crippen LogP contribution in [0.25, 0.3) is 5.57 Å². The van der Waals surface area contributed by atoms with Gasteiger partial charge in [-0.2, -0.15) is 13.2 Å². The highest BCUT2D eigenvalue weighted by Gasteiger charge is 2.50. The molecule has 2 aromatic carbocycles. The number of carbonyl (C=O) groups is 2. The van der Waals surface area contributed by atoms with E-state index >= 15 is 4.39 Å². The quantitative estimate of drug-likeness (QED) is 0.390. The van der Waals surface area contributed by atoms with Crippen molar-refractivity contribution in [3.63, 3.8) is 0 Å². The van der Waals surface area contributed by atoms with Gasteiger partial charge in [0.15, 0.2) is 0 Å². The third-order valence-electron chi connectivity index (χ3n) is 9.94. The number of benzene rings is 2. The summed E-state index contributed by atoms with van der Waals surface area (Å²) in [6.45, 7) is 8.14. The first-order valence-corrected chi connectivity index (χ1v) is 15.8. The molecule has 5 rings (SSSR count). The molecule has 2 fully saturated rings. The Morgan fingerprint density at radius 3 is 2.37 bits per heavy atom. The Hall–Kier alpha value is -3.64. The van der Waals surface area contributed by atoms with Crippen LogP contribution in [-0.2, 0) is 9.59 Å². The average molecular weight is 646 g/mol. The van der Waals surface area contributed by atoms with E-state index < -0.39 is 48.6 Å². The van der Waals surface area contributed by atoms with E-state index in [1.54, 1.807) is 13.2 Å². The summed E-state index contributed by atoms with van der Waals surface area (Å²) in [4.78, 5) is 31.8. The van der Waals surface area contributed by atoms with E-state index in [1.165, 1.54) is 6.07 Å². The molecule has 3 heterocycles. The Bertz CT molecular complexity index is 1450. The van der Waals surface area contributed by atoms with E-state index in [-0.39, 0.29) is 23.8 Å². The summed E-state index contributed by atoms with van der Waals surface area (Å²) in [7, 11) is 3.64. The molecule has 5 atom stereocenters. The fourth-order valence-electron chi connectivity index (χ4n) is 6.77. The number of rotatable bonds is 7.